The highest BCUT2D eigenvalue weighted by Gasteiger charge is 2.21. The van der Waals surface area contributed by atoms with Crippen molar-refractivity contribution >= 4 is 18.0 Å². The first-order chi connectivity index (χ1) is 12.0. The number of ether oxygens (including phenoxy) is 1. The van der Waals surface area contributed by atoms with E-state index in [2.05, 4.69) is 20.6 Å². The fourth-order valence-corrected chi connectivity index (χ4v) is 1.99. The van der Waals surface area contributed by atoms with Gasteiger partial charge in [0, 0.05) is 18.3 Å². The van der Waals surface area contributed by atoms with Gasteiger partial charge in [-0.05, 0) is 5.56 Å². The summed E-state index contributed by atoms with van der Waals surface area (Å²) < 4.78 is 4.96. The molecule has 0 radical (unpaired) electrons. The van der Waals surface area contributed by atoms with Gasteiger partial charge in [-0.15, -0.1) is 0 Å². The number of amides is 2. The number of aliphatic carboxylic acids is 1. The van der Waals surface area contributed by atoms with E-state index < -0.39 is 24.0 Å². The van der Waals surface area contributed by atoms with Crippen LogP contribution in [-0.4, -0.2) is 45.6 Å². The molecule has 0 bridgehead atoms. The Hall–Kier alpha value is -3.36. The van der Waals surface area contributed by atoms with E-state index in [0.717, 1.165) is 5.56 Å². The Morgan fingerprint density at radius 2 is 2.00 bits per heavy atom. The first-order valence-electron chi connectivity index (χ1n) is 7.48. The van der Waals surface area contributed by atoms with Gasteiger partial charge in [0.15, 0.2) is 0 Å². The minimum Gasteiger partial charge on any atom is -0.480 e. The van der Waals surface area contributed by atoms with Crippen LogP contribution in [0.1, 0.15) is 11.3 Å². The summed E-state index contributed by atoms with van der Waals surface area (Å²) in [6.07, 6.45) is 2.18. The van der Waals surface area contributed by atoms with Gasteiger partial charge in [-0.25, -0.2) is 14.6 Å². The lowest BCUT2D eigenvalue weighted by Crippen LogP contribution is -2.46. The van der Waals surface area contributed by atoms with Crippen LogP contribution in [-0.2, 0) is 27.4 Å². The van der Waals surface area contributed by atoms with Crippen molar-refractivity contribution in [3.63, 3.8) is 0 Å². The number of imidazole rings is 1. The summed E-state index contributed by atoms with van der Waals surface area (Å²) in [6.45, 7) is -0.313. The van der Waals surface area contributed by atoms with E-state index in [9.17, 15) is 14.4 Å². The topological polar surface area (TPSA) is 133 Å². The monoisotopic (exact) mass is 346 g/mol. The van der Waals surface area contributed by atoms with Crippen LogP contribution < -0.4 is 10.6 Å². The van der Waals surface area contributed by atoms with Crippen LogP contribution >= 0.6 is 0 Å². The van der Waals surface area contributed by atoms with Gasteiger partial charge >= 0.3 is 12.1 Å². The molecule has 2 amide bonds. The summed E-state index contributed by atoms with van der Waals surface area (Å²) >= 11 is 0. The van der Waals surface area contributed by atoms with Crippen molar-refractivity contribution < 1.29 is 24.2 Å². The molecule has 1 aromatic carbocycles. The number of aromatic amines is 1. The number of hydrogen-bond donors (Lipinski definition) is 4. The van der Waals surface area contributed by atoms with Gasteiger partial charge in [0.2, 0.25) is 5.91 Å². The van der Waals surface area contributed by atoms with Crippen LogP contribution in [0.3, 0.4) is 0 Å². The highest BCUT2D eigenvalue weighted by Crippen LogP contribution is 2.01. The lowest BCUT2D eigenvalue weighted by Gasteiger charge is -2.14. The van der Waals surface area contributed by atoms with Crippen molar-refractivity contribution in [3.8, 4) is 0 Å². The third-order valence-corrected chi connectivity index (χ3v) is 3.22. The van der Waals surface area contributed by atoms with E-state index >= 15 is 0 Å². The molecule has 4 N–H and O–H groups in total. The lowest BCUT2D eigenvalue weighted by atomic mass is 10.1. The Labute approximate surface area is 143 Å². The van der Waals surface area contributed by atoms with Crippen molar-refractivity contribution in [2.24, 2.45) is 0 Å². The van der Waals surface area contributed by atoms with Crippen molar-refractivity contribution in [1.82, 2.24) is 20.6 Å². The number of aromatic nitrogens is 2. The molecule has 0 spiro atoms. The zero-order chi connectivity index (χ0) is 18.1. The second kappa shape index (κ2) is 9.06. The molecular formula is C16H18N4O5. The highest BCUT2D eigenvalue weighted by atomic mass is 16.5. The Kier molecular flexibility index (Phi) is 6.52. The molecule has 1 atom stereocenters. The van der Waals surface area contributed by atoms with E-state index in [4.69, 9.17) is 9.84 Å². The number of alkyl carbamates (subject to hydrolysis) is 1. The largest absolute Gasteiger partial charge is 0.480 e. The number of carboxylic acid groups (broad SMARTS) is 1. The fourth-order valence-electron chi connectivity index (χ4n) is 1.99. The molecule has 9 heteroatoms. The van der Waals surface area contributed by atoms with E-state index in [1.54, 1.807) is 12.1 Å². The van der Waals surface area contributed by atoms with Gasteiger partial charge < -0.3 is 25.5 Å². The molecule has 0 unspecified atom stereocenters. The molecule has 2 rings (SSSR count). The average molecular weight is 346 g/mol. The third kappa shape index (κ3) is 6.34. The van der Waals surface area contributed by atoms with E-state index in [-0.39, 0.29) is 19.6 Å². The maximum Gasteiger partial charge on any atom is 0.407 e. The Morgan fingerprint density at radius 3 is 2.64 bits per heavy atom. The van der Waals surface area contributed by atoms with Gasteiger partial charge in [0.25, 0.3) is 0 Å². The Bertz CT molecular complexity index is 703. The summed E-state index contributed by atoms with van der Waals surface area (Å²) in [5.41, 5.74) is 1.38. The van der Waals surface area contributed by atoms with Crippen molar-refractivity contribution in [1.29, 1.82) is 0 Å². The molecule has 9 nitrogen and oxygen atoms in total. The second-order valence-corrected chi connectivity index (χ2v) is 5.15. The molecule has 0 aliphatic heterocycles. The van der Waals surface area contributed by atoms with Crippen LogP contribution in [0.4, 0.5) is 4.79 Å². The maximum absolute atomic E-state index is 11.8. The predicted molar refractivity (Wildman–Crippen MR) is 86.5 cm³/mol. The number of carbonyl (C=O) groups excluding carboxylic acids is 2. The number of benzene rings is 1. The van der Waals surface area contributed by atoms with Gasteiger partial charge in [0.1, 0.15) is 19.2 Å². The number of carboxylic acids is 1. The molecule has 0 saturated heterocycles. The number of carbonyl (C=O) groups is 3. The zero-order valence-electron chi connectivity index (χ0n) is 13.3. The maximum atomic E-state index is 11.8. The first kappa shape index (κ1) is 18.0. The standard InChI is InChI=1S/C16H18N4O5/c21-14(20-13(15(22)23)6-12-7-17-10-19-12)8-18-16(24)25-9-11-4-2-1-3-5-11/h1-5,7,10,13H,6,8-9H2,(H,17,19)(H,18,24)(H,20,21)(H,22,23)/t13-/m1/s1. The molecule has 132 valence electrons. The Morgan fingerprint density at radius 1 is 1.24 bits per heavy atom. The van der Waals surface area contributed by atoms with Crippen LogP contribution in [0.25, 0.3) is 0 Å². The summed E-state index contributed by atoms with van der Waals surface area (Å²) in [6, 6.07) is 7.94. The van der Waals surface area contributed by atoms with Crippen LogP contribution in [0.2, 0.25) is 0 Å². The number of nitrogens with zero attached hydrogens (tertiary/aromatic N) is 1. The molecule has 2 aromatic rings. The molecular weight excluding hydrogens is 328 g/mol. The second-order valence-electron chi connectivity index (χ2n) is 5.15. The van der Waals surface area contributed by atoms with Gasteiger partial charge in [0.05, 0.1) is 6.33 Å². The number of hydrogen-bond acceptors (Lipinski definition) is 5. The summed E-state index contributed by atoms with van der Waals surface area (Å²) in [4.78, 5) is 41.1. The first-order valence-corrected chi connectivity index (χ1v) is 7.48. The van der Waals surface area contributed by atoms with Gasteiger partial charge in [-0.2, -0.15) is 0 Å². The predicted octanol–water partition coefficient (Wildman–Crippen LogP) is 0.448. The van der Waals surface area contributed by atoms with Crippen LogP contribution in [0.15, 0.2) is 42.9 Å². The normalized spacial score (nSPS) is 11.4. The lowest BCUT2D eigenvalue weighted by molar-refractivity contribution is -0.141. The van der Waals surface area contributed by atoms with E-state index in [1.165, 1.54) is 12.5 Å². The smallest absolute Gasteiger partial charge is 0.407 e. The number of nitrogens with one attached hydrogen (secondary N) is 3. The summed E-state index contributed by atoms with van der Waals surface area (Å²) in [5, 5.41) is 13.7. The average Bonchev–Trinajstić information content (AvgIpc) is 3.11. The minimum atomic E-state index is -1.19. The zero-order valence-corrected chi connectivity index (χ0v) is 13.3. The van der Waals surface area contributed by atoms with Crippen LogP contribution in [0, 0.1) is 0 Å². The number of rotatable bonds is 8. The van der Waals surface area contributed by atoms with Crippen molar-refractivity contribution in [3.05, 3.63) is 54.1 Å². The van der Waals surface area contributed by atoms with Gasteiger partial charge in [-0.3, -0.25) is 4.79 Å². The van der Waals surface area contributed by atoms with E-state index in [1.807, 2.05) is 18.2 Å². The molecule has 1 aromatic heterocycles. The quantitative estimate of drug-likeness (QED) is 0.548. The molecule has 25 heavy (non-hydrogen) atoms. The third-order valence-electron chi connectivity index (χ3n) is 3.22. The molecule has 0 fully saturated rings. The van der Waals surface area contributed by atoms with Crippen molar-refractivity contribution in [2.75, 3.05) is 6.54 Å². The van der Waals surface area contributed by atoms with Crippen molar-refractivity contribution in [2.45, 2.75) is 19.1 Å². The number of H-pyrrole nitrogens is 1. The summed E-state index contributed by atoms with van der Waals surface area (Å²) in [7, 11) is 0. The Balaban J connectivity index is 1.72. The fraction of sp³-hybridized carbons (Fsp3) is 0.250. The highest BCUT2D eigenvalue weighted by molar-refractivity contribution is 5.86. The van der Waals surface area contributed by atoms with Crippen LogP contribution in [0.5, 0.6) is 0 Å². The molecule has 1 heterocycles. The van der Waals surface area contributed by atoms with E-state index in [0.29, 0.717) is 5.69 Å². The molecule has 0 aliphatic carbocycles. The molecule has 0 aliphatic rings. The molecule has 0 saturated carbocycles. The van der Waals surface area contributed by atoms with Gasteiger partial charge in [-0.1, -0.05) is 30.3 Å². The minimum absolute atomic E-state index is 0.0551. The summed E-state index contributed by atoms with van der Waals surface area (Å²) in [5.74, 6) is -1.82. The SMILES string of the molecule is O=C(CNC(=O)OCc1ccccc1)N[C@H](Cc1cnc[nH]1)C(=O)O.